The molecule has 0 aliphatic heterocycles. The van der Waals surface area contributed by atoms with Crippen molar-refractivity contribution in [1.29, 1.82) is 0 Å². The topological polar surface area (TPSA) is 9.23 Å². The molecule has 0 rings (SSSR count). The van der Waals surface area contributed by atoms with Crippen LogP contribution < -0.4 is 0 Å². The standard InChI is InChI=1S/C4H10O.C2H2/c1-3-5-4-2;1-2/h3-4H2,1-2H3;1-2H. The number of hydrogen-bond donors (Lipinski definition) is 0. The molecule has 0 N–H and O–H groups in total. The molecule has 0 saturated carbocycles. The second kappa shape index (κ2) is 17.8. The number of terminal acetylenes is 1. The van der Waals surface area contributed by atoms with E-state index in [2.05, 4.69) is 12.8 Å². The van der Waals surface area contributed by atoms with Gasteiger partial charge in [-0.3, -0.25) is 0 Å². The highest BCUT2D eigenvalue weighted by molar-refractivity contribution is 4.47. The molecule has 0 bridgehead atoms. The first kappa shape index (κ1) is 9.72. The highest BCUT2D eigenvalue weighted by Gasteiger charge is 1.64. The Morgan fingerprint density at radius 1 is 1.14 bits per heavy atom. The molecule has 0 fully saturated rings. The number of rotatable bonds is 2. The SMILES string of the molecule is C#C.CCOCC. The molecule has 0 radical (unpaired) electrons. The van der Waals surface area contributed by atoms with Gasteiger partial charge in [-0.25, -0.2) is 0 Å². The summed E-state index contributed by atoms with van der Waals surface area (Å²) in [5, 5.41) is 0. The van der Waals surface area contributed by atoms with E-state index >= 15 is 0 Å². The first-order valence-corrected chi connectivity index (χ1v) is 2.32. The molecule has 0 aliphatic carbocycles. The van der Waals surface area contributed by atoms with Crippen LogP contribution in [0.2, 0.25) is 0 Å². The van der Waals surface area contributed by atoms with E-state index in [-0.39, 0.29) is 0 Å². The van der Waals surface area contributed by atoms with Gasteiger partial charge >= 0.3 is 0 Å². The van der Waals surface area contributed by atoms with Gasteiger partial charge in [-0.2, -0.15) is 0 Å². The fourth-order valence-electron chi connectivity index (χ4n) is 0.204. The van der Waals surface area contributed by atoms with Gasteiger partial charge in [0.25, 0.3) is 0 Å². The minimum absolute atomic E-state index is 0.844. The van der Waals surface area contributed by atoms with E-state index in [1.807, 2.05) is 13.8 Å². The van der Waals surface area contributed by atoms with Crippen LogP contribution in [0.4, 0.5) is 0 Å². The second-order valence-corrected chi connectivity index (χ2v) is 0.781. The molecule has 0 aromatic heterocycles. The molecule has 0 saturated heterocycles. The fraction of sp³-hybridized carbons (Fsp3) is 0.667. The molecule has 0 aliphatic rings. The zero-order chi connectivity index (χ0) is 6.12. The van der Waals surface area contributed by atoms with Crippen LogP contribution in [0, 0.1) is 12.8 Å². The Hall–Kier alpha value is -0.480. The molecule has 0 amide bonds. The third-order valence-electron chi connectivity index (χ3n) is 0.408. The van der Waals surface area contributed by atoms with Crippen LogP contribution in [0.1, 0.15) is 13.8 Å². The summed E-state index contributed by atoms with van der Waals surface area (Å²) in [6, 6.07) is 0. The predicted octanol–water partition coefficient (Wildman–Crippen LogP) is 1.29. The minimum atomic E-state index is 0.844. The number of hydrogen-bond acceptors (Lipinski definition) is 1. The zero-order valence-electron chi connectivity index (χ0n) is 4.98. The summed E-state index contributed by atoms with van der Waals surface area (Å²) >= 11 is 0. The largest absolute Gasteiger partial charge is 0.382 e. The van der Waals surface area contributed by atoms with Crippen molar-refractivity contribution < 1.29 is 4.74 Å². The van der Waals surface area contributed by atoms with Crippen molar-refractivity contribution in [3.05, 3.63) is 0 Å². The summed E-state index contributed by atoms with van der Waals surface area (Å²) in [6.45, 7) is 5.67. The summed E-state index contributed by atoms with van der Waals surface area (Å²) in [5.74, 6) is 0. The van der Waals surface area contributed by atoms with E-state index in [9.17, 15) is 0 Å². The van der Waals surface area contributed by atoms with Crippen LogP contribution in [-0.2, 0) is 4.74 Å². The lowest BCUT2D eigenvalue weighted by atomic mass is 10.8. The lowest BCUT2D eigenvalue weighted by Gasteiger charge is -1.86. The third kappa shape index (κ3) is 29.6. The smallest absolute Gasteiger partial charge is 0.0437 e. The van der Waals surface area contributed by atoms with Crippen LogP contribution in [0.5, 0.6) is 0 Å². The van der Waals surface area contributed by atoms with Crippen molar-refractivity contribution in [2.24, 2.45) is 0 Å². The quantitative estimate of drug-likeness (QED) is 0.475. The summed E-state index contributed by atoms with van der Waals surface area (Å²) < 4.78 is 4.83. The van der Waals surface area contributed by atoms with Crippen LogP contribution in [0.3, 0.4) is 0 Å². The first-order valence-electron chi connectivity index (χ1n) is 2.32. The molecule has 0 aromatic rings. The van der Waals surface area contributed by atoms with Gasteiger partial charge in [0.2, 0.25) is 0 Å². The van der Waals surface area contributed by atoms with Crippen LogP contribution in [-0.4, -0.2) is 13.2 Å². The summed E-state index contributed by atoms with van der Waals surface area (Å²) in [6.07, 6.45) is 8.00. The summed E-state index contributed by atoms with van der Waals surface area (Å²) in [4.78, 5) is 0. The minimum Gasteiger partial charge on any atom is -0.382 e. The Kier molecular flexibility index (Phi) is 24.7. The normalized spacial score (nSPS) is 6.29. The highest BCUT2D eigenvalue weighted by Crippen LogP contribution is 1.64. The van der Waals surface area contributed by atoms with Gasteiger partial charge in [-0.05, 0) is 13.8 Å². The van der Waals surface area contributed by atoms with E-state index in [1.54, 1.807) is 0 Å². The van der Waals surface area contributed by atoms with Crippen molar-refractivity contribution in [3.8, 4) is 12.8 Å². The molecule has 1 nitrogen and oxygen atoms in total. The van der Waals surface area contributed by atoms with Crippen LogP contribution in [0.25, 0.3) is 0 Å². The second-order valence-electron chi connectivity index (χ2n) is 0.781. The fourth-order valence-corrected chi connectivity index (χ4v) is 0.204. The highest BCUT2D eigenvalue weighted by atomic mass is 16.5. The Bertz CT molecular complexity index is 28.4. The average Bonchev–Trinajstić information content (AvgIpc) is 1.75. The van der Waals surface area contributed by atoms with Gasteiger partial charge in [-0.15, -0.1) is 12.8 Å². The van der Waals surface area contributed by atoms with Crippen molar-refractivity contribution in [1.82, 2.24) is 0 Å². The van der Waals surface area contributed by atoms with E-state index in [1.165, 1.54) is 0 Å². The van der Waals surface area contributed by atoms with Gasteiger partial charge < -0.3 is 4.74 Å². The summed E-state index contributed by atoms with van der Waals surface area (Å²) in [5.41, 5.74) is 0. The molecule has 0 aromatic carbocycles. The monoisotopic (exact) mass is 100 g/mol. The van der Waals surface area contributed by atoms with Gasteiger partial charge in [0.05, 0.1) is 0 Å². The molecule has 0 spiro atoms. The molecule has 0 unspecified atom stereocenters. The maximum Gasteiger partial charge on any atom is 0.0437 e. The van der Waals surface area contributed by atoms with Crippen molar-refractivity contribution >= 4 is 0 Å². The Morgan fingerprint density at radius 3 is 1.43 bits per heavy atom. The first-order chi connectivity index (χ1) is 3.41. The zero-order valence-corrected chi connectivity index (χ0v) is 4.98. The van der Waals surface area contributed by atoms with E-state index in [0.717, 1.165) is 13.2 Å². The van der Waals surface area contributed by atoms with Crippen LogP contribution in [0.15, 0.2) is 0 Å². The van der Waals surface area contributed by atoms with E-state index < -0.39 is 0 Å². The maximum absolute atomic E-state index is 4.83. The van der Waals surface area contributed by atoms with E-state index in [0.29, 0.717) is 0 Å². The van der Waals surface area contributed by atoms with Crippen molar-refractivity contribution in [2.45, 2.75) is 13.8 Å². The lowest BCUT2D eigenvalue weighted by molar-refractivity contribution is 0.162. The predicted molar refractivity (Wildman–Crippen MR) is 32.1 cm³/mol. The molecule has 0 heterocycles. The third-order valence-corrected chi connectivity index (χ3v) is 0.408. The van der Waals surface area contributed by atoms with Crippen molar-refractivity contribution in [2.75, 3.05) is 13.2 Å². The Labute approximate surface area is 45.7 Å². The van der Waals surface area contributed by atoms with Gasteiger partial charge in [0.1, 0.15) is 0 Å². The Balaban J connectivity index is 0. The van der Waals surface area contributed by atoms with Gasteiger partial charge in [-0.1, -0.05) is 0 Å². The summed E-state index contributed by atoms with van der Waals surface area (Å²) in [7, 11) is 0. The van der Waals surface area contributed by atoms with Gasteiger partial charge in [0.15, 0.2) is 0 Å². The molecule has 1 heteroatoms. The molecule has 42 valence electrons. The lowest BCUT2D eigenvalue weighted by Crippen LogP contribution is -1.84. The van der Waals surface area contributed by atoms with Crippen LogP contribution >= 0.6 is 0 Å². The molecular weight excluding hydrogens is 88.1 g/mol. The number of ether oxygens (including phenoxy) is 1. The molecular formula is C6H12O. The average molecular weight is 100 g/mol. The molecule has 7 heavy (non-hydrogen) atoms. The van der Waals surface area contributed by atoms with E-state index in [4.69, 9.17) is 4.74 Å². The van der Waals surface area contributed by atoms with Gasteiger partial charge in [0, 0.05) is 13.2 Å². The molecule has 0 atom stereocenters. The maximum atomic E-state index is 4.83. The Morgan fingerprint density at radius 2 is 1.43 bits per heavy atom. The van der Waals surface area contributed by atoms with Crippen molar-refractivity contribution in [3.63, 3.8) is 0 Å².